The molecule has 5 heteroatoms. The van der Waals surface area contributed by atoms with Gasteiger partial charge in [0.1, 0.15) is 11.6 Å². The van der Waals surface area contributed by atoms with Gasteiger partial charge in [-0.2, -0.15) is 5.26 Å². The molecule has 1 aliphatic rings. The monoisotopic (exact) mass is 857 g/mol. The molecule has 0 bridgehead atoms. The smallest absolute Gasteiger partial charge is 0.160 e. The zero-order valence-corrected chi connectivity index (χ0v) is 37.1. The van der Waals surface area contributed by atoms with E-state index in [1.54, 1.807) is 0 Å². The summed E-state index contributed by atoms with van der Waals surface area (Å²) in [5.41, 5.74) is 17.4. The zero-order valence-electron chi connectivity index (χ0n) is 37.1. The molecule has 3 heterocycles. The minimum Gasteiger partial charge on any atom is -0.310 e. The van der Waals surface area contributed by atoms with Crippen molar-refractivity contribution in [3.63, 3.8) is 0 Å². The number of rotatable bonds is 7. The highest BCUT2D eigenvalue weighted by molar-refractivity contribution is 6.13. The van der Waals surface area contributed by atoms with E-state index in [1.807, 2.05) is 60.7 Å². The Balaban J connectivity index is 1.20. The summed E-state index contributed by atoms with van der Waals surface area (Å²) >= 11 is 0. The summed E-state index contributed by atoms with van der Waals surface area (Å²) in [6, 6.07) is 81.5. The first kappa shape index (κ1) is 39.7. The Labute approximate surface area is 390 Å². The molecule has 1 aliphatic heterocycles. The SMILES string of the molecule is CC1(C)c2ccccc2N(c2ccccc2)c2cc3c4ccccc4n(-c4c(-c5ccccc5)cc(-c5nc(-c6ccccc6)c(C#N)c(-c6ccccc6)n5)cc4-c4ccccc4)c3cc21. The molecule has 0 saturated heterocycles. The molecule has 0 saturated carbocycles. The molecule has 2 aromatic heterocycles. The molecule has 0 fully saturated rings. The lowest BCUT2D eigenvalue weighted by Crippen LogP contribution is -2.30. The second-order valence-corrected chi connectivity index (χ2v) is 17.7. The zero-order chi connectivity index (χ0) is 45.1. The van der Waals surface area contributed by atoms with Crippen LogP contribution in [0, 0.1) is 11.3 Å². The fourth-order valence-electron chi connectivity index (χ4n) is 10.2. The van der Waals surface area contributed by atoms with E-state index in [4.69, 9.17) is 9.97 Å². The number of benzene rings is 9. The van der Waals surface area contributed by atoms with Crippen LogP contribution in [0.1, 0.15) is 30.5 Å². The maximum Gasteiger partial charge on any atom is 0.160 e. The summed E-state index contributed by atoms with van der Waals surface area (Å²) in [5, 5.41) is 13.1. The normalized spacial score (nSPS) is 12.7. The van der Waals surface area contributed by atoms with Crippen LogP contribution in [0.3, 0.4) is 0 Å². The predicted molar refractivity (Wildman–Crippen MR) is 275 cm³/mol. The van der Waals surface area contributed by atoms with Gasteiger partial charge in [0.15, 0.2) is 5.82 Å². The van der Waals surface area contributed by atoms with Gasteiger partial charge >= 0.3 is 0 Å². The number of fused-ring (bicyclic) bond motifs is 5. The highest BCUT2D eigenvalue weighted by Crippen LogP contribution is 2.54. The van der Waals surface area contributed by atoms with Gasteiger partial charge in [-0.1, -0.05) is 190 Å². The first-order valence-corrected chi connectivity index (χ1v) is 22.7. The minimum absolute atomic E-state index is 0.319. The van der Waals surface area contributed by atoms with E-state index in [0.29, 0.717) is 22.8 Å². The Bertz CT molecular complexity index is 3580. The molecule has 67 heavy (non-hydrogen) atoms. The molecule has 0 amide bonds. The van der Waals surface area contributed by atoms with E-state index in [1.165, 1.54) is 33.3 Å². The van der Waals surface area contributed by atoms with Gasteiger partial charge in [0.05, 0.1) is 39.5 Å². The van der Waals surface area contributed by atoms with E-state index >= 15 is 0 Å². The topological polar surface area (TPSA) is 57.7 Å². The number of nitriles is 1. The number of aromatic nitrogens is 3. The number of hydrogen-bond donors (Lipinski definition) is 0. The standard InChI is InChI=1S/C62H43N5/c1-62(2)52-33-19-21-35-55(52)66(46-30-16-7-17-31-46)57-38-50-47-32-18-20-34-54(47)67(56(50)39-53(57)62)60-48(41-22-8-3-9-23-41)36-45(37-49(60)42-24-10-4-11-25-42)61-64-58(43-26-12-5-13-27-43)51(40-63)59(65-61)44-28-14-6-15-29-44/h3-39H,1-2H3. The van der Waals surface area contributed by atoms with Crippen LogP contribution in [0.2, 0.25) is 0 Å². The van der Waals surface area contributed by atoms with Gasteiger partial charge in [-0.25, -0.2) is 9.97 Å². The third-order valence-corrected chi connectivity index (χ3v) is 13.4. The molecule has 0 aliphatic carbocycles. The fourth-order valence-corrected chi connectivity index (χ4v) is 10.2. The Morgan fingerprint density at radius 2 is 0.925 bits per heavy atom. The maximum atomic E-state index is 10.8. The molecule has 0 radical (unpaired) electrons. The van der Waals surface area contributed by atoms with Crippen molar-refractivity contribution in [2.75, 3.05) is 4.90 Å². The summed E-state index contributed by atoms with van der Waals surface area (Å²) in [5.74, 6) is 0.537. The Morgan fingerprint density at radius 3 is 1.49 bits per heavy atom. The Hall–Kier alpha value is -8.85. The number of anilines is 3. The van der Waals surface area contributed by atoms with Gasteiger partial charge in [-0.3, -0.25) is 0 Å². The summed E-state index contributed by atoms with van der Waals surface area (Å²) in [6.07, 6.45) is 0. The molecule has 0 unspecified atom stereocenters. The Morgan fingerprint density at radius 1 is 0.433 bits per heavy atom. The van der Waals surface area contributed by atoms with Crippen molar-refractivity contribution in [1.29, 1.82) is 5.26 Å². The third-order valence-electron chi connectivity index (χ3n) is 13.4. The van der Waals surface area contributed by atoms with Crippen LogP contribution in [-0.2, 0) is 5.41 Å². The molecule has 11 aromatic rings. The van der Waals surface area contributed by atoms with Crippen LogP contribution in [0.5, 0.6) is 0 Å². The number of hydrogen-bond acceptors (Lipinski definition) is 4. The van der Waals surface area contributed by atoms with Crippen LogP contribution in [0.15, 0.2) is 224 Å². The van der Waals surface area contributed by atoms with Crippen molar-refractivity contribution in [3.05, 3.63) is 241 Å². The Kier molecular flexibility index (Phi) is 9.48. The van der Waals surface area contributed by atoms with Crippen molar-refractivity contribution >= 4 is 38.9 Å². The van der Waals surface area contributed by atoms with Crippen molar-refractivity contribution in [2.24, 2.45) is 0 Å². The number of para-hydroxylation sites is 3. The van der Waals surface area contributed by atoms with E-state index in [0.717, 1.165) is 61.4 Å². The van der Waals surface area contributed by atoms with Crippen molar-refractivity contribution < 1.29 is 0 Å². The maximum absolute atomic E-state index is 10.8. The van der Waals surface area contributed by atoms with Gasteiger partial charge in [0, 0.05) is 49.7 Å². The van der Waals surface area contributed by atoms with Gasteiger partial charge in [0.25, 0.3) is 0 Å². The van der Waals surface area contributed by atoms with E-state index in [9.17, 15) is 5.26 Å². The fraction of sp³-hybridized carbons (Fsp3) is 0.0484. The van der Waals surface area contributed by atoms with E-state index in [2.05, 4.69) is 193 Å². The quantitative estimate of drug-likeness (QED) is 0.160. The molecular weight excluding hydrogens is 815 g/mol. The molecule has 12 rings (SSSR count). The van der Waals surface area contributed by atoms with Gasteiger partial charge < -0.3 is 9.47 Å². The molecule has 0 spiro atoms. The van der Waals surface area contributed by atoms with Crippen LogP contribution in [-0.4, -0.2) is 14.5 Å². The lowest BCUT2D eigenvalue weighted by atomic mass is 9.73. The average molecular weight is 858 g/mol. The predicted octanol–water partition coefficient (Wildman–Crippen LogP) is 15.9. The van der Waals surface area contributed by atoms with Crippen LogP contribution < -0.4 is 4.90 Å². The van der Waals surface area contributed by atoms with Crippen LogP contribution in [0.25, 0.3) is 83.6 Å². The van der Waals surface area contributed by atoms with Crippen molar-refractivity contribution in [3.8, 4) is 67.9 Å². The van der Waals surface area contributed by atoms with E-state index in [-0.39, 0.29) is 5.41 Å². The highest BCUT2D eigenvalue weighted by Gasteiger charge is 2.38. The van der Waals surface area contributed by atoms with Crippen molar-refractivity contribution in [2.45, 2.75) is 19.3 Å². The summed E-state index contributed by atoms with van der Waals surface area (Å²) in [6.45, 7) is 4.72. The summed E-state index contributed by atoms with van der Waals surface area (Å²) in [7, 11) is 0. The molecule has 5 nitrogen and oxygen atoms in total. The van der Waals surface area contributed by atoms with Crippen LogP contribution >= 0.6 is 0 Å². The first-order chi connectivity index (χ1) is 33.0. The van der Waals surface area contributed by atoms with Gasteiger partial charge in [-0.15, -0.1) is 0 Å². The average Bonchev–Trinajstić information content (AvgIpc) is 3.71. The van der Waals surface area contributed by atoms with Crippen molar-refractivity contribution in [1.82, 2.24) is 14.5 Å². The molecule has 0 N–H and O–H groups in total. The largest absolute Gasteiger partial charge is 0.310 e. The molecule has 9 aromatic carbocycles. The van der Waals surface area contributed by atoms with Crippen LogP contribution in [0.4, 0.5) is 17.1 Å². The third kappa shape index (κ3) is 6.53. The molecule has 0 atom stereocenters. The van der Waals surface area contributed by atoms with Gasteiger partial charge in [-0.05, 0) is 70.8 Å². The molecule has 316 valence electrons. The second kappa shape index (κ2) is 16.0. The first-order valence-electron chi connectivity index (χ1n) is 22.7. The summed E-state index contributed by atoms with van der Waals surface area (Å²) < 4.78 is 2.49. The summed E-state index contributed by atoms with van der Waals surface area (Å²) in [4.78, 5) is 13.0. The van der Waals surface area contributed by atoms with Gasteiger partial charge in [0.2, 0.25) is 0 Å². The second-order valence-electron chi connectivity index (χ2n) is 17.7. The molecular formula is C62H43N5. The lowest BCUT2D eigenvalue weighted by molar-refractivity contribution is 0.632. The van der Waals surface area contributed by atoms with E-state index < -0.39 is 0 Å². The minimum atomic E-state index is -0.319. The lowest BCUT2D eigenvalue weighted by Gasteiger charge is -2.42. The number of nitrogens with zero attached hydrogens (tertiary/aromatic N) is 5. The highest BCUT2D eigenvalue weighted by atomic mass is 15.2.